The molecule has 1 aromatic carbocycles. The summed E-state index contributed by atoms with van der Waals surface area (Å²) >= 11 is 3.24. The van der Waals surface area contributed by atoms with Crippen LogP contribution in [0, 0.1) is 5.82 Å². The normalized spacial score (nSPS) is 13.0. The first-order chi connectivity index (χ1) is 5.65. The summed E-state index contributed by atoms with van der Waals surface area (Å²) in [6, 6.07) is 4.61. The predicted octanol–water partition coefficient (Wildman–Crippen LogP) is 4.27. The van der Waals surface area contributed by atoms with Gasteiger partial charge in [-0.3, -0.25) is 0 Å². The Morgan fingerprint density at radius 1 is 1.50 bits per heavy atom. The van der Waals surface area contributed by atoms with Crippen molar-refractivity contribution in [3.63, 3.8) is 0 Å². The lowest BCUT2D eigenvalue weighted by Crippen LogP contribution is -1.88. The standard InChI is InChI=1S/C8H7BrF2S/c1-5(12-11)6-2-3-7(9)8(10)4-6/h2-5H,1H3. The molecule has 1 rings (SSSR count). The lowest BCUT2D eigenvalue weighted by molar-refractivity contribution is 0.618. The van der Waals surface area contributed by atoms with Gasteiger partial charge in [0, 0.05) is 0 Å². The smallest absolute Gasteiger partial charge is 0.137 e. The van der Waals surface area contributed by atoms with Crippen LogP contribution in [0.3, 0.4) is 0 Å². The molecule has 0 nitrogen and oxygen atoms in total. The molecule has 0 aliphatic rings. The topological polar surface area (TPSA) is 0 Å². The average molecular weight is 253 g/mol. The molecule has 66 valence electrons. The molecule has 0 aliphatic carbocycles. The molecule has 0 heterocycles. The lowest BCUT2D eigenvalue weighted by Gasteiger charge is -2.05. The maximum atomic E-state index is 12.9. The molecule has 0 aromatic heterocycles. The molecule has 0 amide bonds. The summed E-state index contributed by atoms with van der Waals surface area (Å²) in [6.07, 6.45) is 0. The molecule has 0 N–H and O–H groups in total. The molecule has 12 heavy (non-hydrogen) atoms. The maximum Gasteiger partial charge on any atom is 0.137 e. The van der Waals surface area contributed by atoms with Crippen molar-refractivity contribution in [2.24, 2.45) is 0 Å². The molecular weight excluding hydrogens is 246 g/mol. The zero-order valence-corrected chi connectivity index (χ0v) is 8.75. The molecule has 0 fully saturated rings. The van der Waals surface area contributed by atoms with Crippen LogP contribution in [0.1, 0.15) is 17.7 Å². The Hall–Kier alpha value is -0.0900. The molecular formula is C8H7BrF2S. The SMILES string of the molecule is CC(SF)c1ccc(Br)c(F)c1. The number of rotatable bonds is 2. The number of halogens is 3. The minimum atomic E-state index is -0.353. The summed E-state index contributed by atoms with van der Waals surface area (Å²) in [5, 5.41) is -0.312. The fourth-order valence-electron chi connectivity index (χ4n) is 0.817. The molecule has 1 unspecified atom stereocenters. The van der Waals surface area contributed by atoms with Crippen molar-refractivity contribution in [2.45, 2.75) is 12.2 Å². The number of hydrogen-bond acceptors (Lipinski definition) is 1. The van der Waals surface area contributed by atoms with E-state index in [4.69, 9.17) is 0 Å². The van der Waals surface area contributed by atoms with Gasteiger partial charge in [0.1, 0.15) is 5.82 Å². The van der Waals surface area contributed by atoms with Gasteiger partial charge < -0.3 is 0 Å². The maximum absolute atomic E-state index is 12.9. The largest absolute Gasteiger partial charge is 0.206 e. The second-order valence-electron chi connectivity index (χ2n) is 2.40. The highest BCUT2D eigenvalue weighted by molar-refractivity contribution is 9.10. The van der Waals surface area contributed by atoms with Crippen molar-refractivity contribution in [2.75, 3.05) is 0 Å². The highest BCUT2D eigenvalue weighted by Crippen LogP contribution is 2.30. The zero-order valence-electron chi connectivity index (χ0n) is 6.35. The summed E-state index contributed by atoms with van der Waals surface area (Å²) < 4.78 is 25.4. The van der Waals surface area contributed by atoms with E-state index in [0.717, 1.165) is 0 Å². The average Bonchev–Trinajstić information content (AvgIpc) is 2.08. The van der Waals surface area contributed by atoms with E-state index in [-0.39, 0.29) is 23.2 Å². The van der Waals surface area contributed by atoms with E-state index in [9.17, 15) is 8.28 Å². The first kappa shape index (κ1) is 9.99. The Bertz CT molecular complexity index is 278. The van der Waals surface area contributed by atoms with E-state index in [1.54, 1.807) is 19.1 Å². The van der Waals surface area contributed by atoms with Crippen LogP contribution in [0.2, 0.25) is 0 Å². The van der Waals surface area contributed by atoms with Gasteiger partial charge in [-0.2, -0.15) is 3.89 Å². The Labute approximate surface area is 82.8 Å². The molecule has 0 radical (unpaired) electrons. The highest BCUT2D eigenvalue weighted by Gasteiger charge is 2.08. The van der Waals surface area contributed by atoms with Crippen molar-refractivity contribution >= 4 is 28.1 Å². The van der Waals surface area contributed by atoms with Gasteiger partial charge in [-0.15, -0.1) is 0 Å². The van der Waals surface area contributed by atoms with E-state index in [1.807, 2.05) is 0 Å². The monoisotopic (exact) mass is 252 g/mol. The first-order valence-electron chi connectivity index (χ1n) is 3.37. The zero-order chi connectivity index (χ0) is 9.14. The van der Waals surface area contributed by atoms with Gasteiger partial charge >= 0.3 is 0 Å². The third kappa shape index (κ3) is 2.20. The van der Waals surface area contributed by atoms with Gasteiger partial charge in [0.2, 0.25) is 0 Å². The van der Waals surface area contributed by atoms with Crippen LogP contribution in [0.25, 0.3) is 0 Å². The molecule has 4 heteroatoms. The fraction of sp³-hybridized carbons (Fsp3) is 0.250. The molecule has 0 saturated carbocycles. The van der Waals surface area contributed by atoms with E-state index in [1.165, 1.54) is 6.07 Å². The number of benzene rings is 1. The Kier molecular flexibility index (Phi) is 3.53. The minimum Gasteiger partial charge on any atom is -0.206 e. The van der Waals surface area contributed by atoms with Gasteiger partial charge in [0.05, 0.1) is 21.9 Å². The Balaban J connectivity index is 2.96. The summed E-state index contributed by atoms with van der Waals surface area (Å²) in [4.78, 5) is 0. The third-order valence-electron chi connectivity index (χ3n) is 1.55. The van der Waals surface area contributed by atoms with Crippen molar-refractivity contribution in [1.82, 2.24) is 0 Å². The van der Waals surface area contributed by atoms with Crippen molar-refractivity contribution in [1.29, 1.82) is 0 Å². The second kappa shape index (κ2) is 4.23. The van der Waals surface area contributed by atoms with E-state index in [2.05, 4.69) is 15.9 Å². The van der Waals surface area contributed by atoms with Gasteiger partial charge in [-0.05, 0) is 40.5 Å². The predicted molar refractivity (Wildman–Crippen MR) is 51.2 cm³/mol. The highest BCUT2D eigenvalue weighted by atomic mass is 79.9. The first-order valence-corrected chi connectivity index (χ1v) is 4.95. The minimum absolute atomic E-state index is 0.210. The summed E-state index contributed by atoms with van der Waals surface area (Å²) in [5.41, 5.74) is 0.656. The lowest BCUT2D eigenvalue weighted by atomic mass is 10.2. The summed E-state index contributed by atoms with van der Waals surface area (Å²) in [5.74, 6) is -0.353. The van der Waals surface area contributed by atoms with Gasteiger partial charge in [-0.25, -0.2) is 4.39 Å². The van der Waals surface area contributed by atoms with Gasteiger partial charge in [0.15, 0.2) is 0 Å². The Morgan fingerprint density at radius 3 is 2.67 bits per heavy atom. The quantitative estimate of drug-likeness (QED) is 0.758. The van der Waals surface area contributed by atoms with Crippen LogP contribution in [-0.4, -0.2) is 0 Å². The van der Waals surface area contributed by atoms with E-state index < -0.39 is 0 Å². The molecule has 0 aliphatic heterocycles. The van der Waals surface area contributed by atoms with Gasteiger partial charge in [0.25, 0.3) is 0 Å². The third-order valence-corrected chi connectivity index (χ3v) is 2.73. The molecule has 1 aromatic rings. The molecule has 1 atom stereocenters. The van der Waals surface area contributed by atoms with Gasteiger partial charge in [-0.1, -0.05) is 6.07 Å². The van der Waals surface area contributed by atoms with Crippen molar-refractivity contribution < 1.29 is 8.28 Å². The van der Waals surface area contributed by atoms with Crippen LogP contribution < -0.4 is 0 Å². The van der Waals surface area contributed by atoms with Crippen LogP contribution in [0.4, 0.5) is 8.28 Å². The van der Waals surface area contributed by atoms with Crippen molar-refractivity contribution in [3.05, 3.63) is 34.1 Å². The van der Waals surface area contributed by atoms with E-state index >= 15 is 0 Å². The van der Waals surface area contributed by atoms with Crippen LogP contribution in [0.15, 0.2) is 22.7 Å². The van der Waals surface area contributed by atoms with Crippen LogP contribution >= 0.6 is 28.1 Å². The van der Waals surface area contributed by atoms with Crippen molar-refractivity contribution in [3.8, 4) is 0 Å². The molecule has 0 saturated heterocycles. The van der Waals surface area contributed by atoms with Crippen LogP contribution in [0.5, 0.6) is 0 Å². The molecule has 0 bridgehead atoms. The number of hydrogen-bond donors (Lipinski definition) is 0. The Morgan fingerprint density at radius 2 is 2.17 bits per heavy atom. The summed E-state index contributed by atoms with van der Waals surface area (Å²) in [7, 11) is 0. The summed E-state index contributed by atoms with van der Waals surface area (Å²) in [6.45, 7) is 1.69. The second-order valence-corrected chi connectivity index (χ2v) is 4.14. The fourth-order valence-corrected chi connectivity index (χ4v) is 1.31. The van der Waals surface area contributed by atoms with Crippen LogP contribution in [-0.2, 0) is 0 Å². The molecule has 0 spiro atoms. The van der Waals surface area contributed by atoms with E-state index in [0.29, 0.717) is 10.0 Å².